The number of anilines is 1. The molecule has 4 rings (SSSR count). The van der Waals surface area contributed by atoms with Crippen LogP contribution < -0.4 is 19.1 Å². The maximum Gasteiger partial charge on any atom is 0.267 e. The molecule has 0 spiro atoms. The van der Waals surface area contributed by atoms with Crippen molar-refractivity contribution in [1.29, 1.82) is 0 Å². The summed E-state index contributed by atoms with van der Waals surface area (Å²) in [7, 11) is 0. The summed E-state index contributed by atoms with van der Waals surface area (Å²) in [5.41, 5.74) is 2.99. The molecule has 0 bridgehead atoms. The van der Waals surface area contributed by atoms with Gasteiger partial charge in [0.2, 0.25) is 5.91 Å². The number of hydrogen-bond acceptors (Lipinski definition) is 5. The second-order valence-electron chi connectivity index (χ2n) is 7.97. The van der Waals surface area contributed by atoms with Crippen LogP contribution in [-0.2, 0) is 22.6 Å². The lowest BCUT2D eigenvalue weighted by Gasteiger charge is -2.34. The predicted octanol–water partition coefficient (Wildman–Crippen LogP) is 3.57. The van der Waals surface area contributed by atoms with E-state index in [-0.39, 0.29) is 18.2 Å². The second kappa shape index (κ2) is 9.51. The number of carbonyl (C=O) groups is 2. The summed E-state index contributed by atoms with van der Waals surface area (Å²) in [6, 6.07) is 11.5. The smallest absolute Gasteiger partial charge is 0.267 e. The molecule has 0 radical (unpaired) electrons. The topological polar surface area (TPSA) is 68.3 Å². The monoisotopic (exact) mass is 438 g/mol. The summed E-state index contributed by atoms with van der Waals surface area (Å²) < 4.78 is 17.2. The van der Waals surface area contributed by atoms with Crippen LogP contribution in [0.2, 0.25) is 0 Å². The van der Waals surface area contributed by atoms with E-state index >= 15 is 0 Å². The first-order valence-corrected chi connectivity index (χ1v) is 11.3. The van der Waals surface area contributed by atoms with Gasteiger partial charge in [0.1, 0.15) is 5.75 Å². The maximum atomic E-state index is 13.0. The first-order valence-electron chi connectivity index (χ1n) is 11.3. The van der Waals surface area contributed by atoms with E-state index in [1.54, 1.807) is 11.8 Å². The molecule has 2 aliphatic rings. The zero-order valence-corrected chi connectivity index (χ0v) is 18.9. The Morgan fingerprint density at radius 1 is 1.09 bits per heavy atom. The Kier molecular flexibility index (Phi) is 6.53. The van der Waals surface area contributed by atoms with Crippen molar-refractivity contribution in [2.75, 3.05) is 31.2 Å². The molecule has 7 nitrogen and oxygen atoms in total. The van der Waals surface area contributed by atoms with Gasteiger partial charge in [0.25, 0.3) is 5.91 Å². The van der Waals surface area contributed by atoms with Gasteiger partial charge in [-0.2, -0.15) is 0 Å². The van der Waals surface area contributed by atoms with E-state index in [9.17, 15) is 9.59 Å². The van der Waals surface area contributed by atoms with Gasteiger partial charge in [-0.1, -0.05) is 12.1 Å². The molecule has 1 atom stereocenters. The van der Waals surface area contributed by atoms with E-state index in [4.69, 9.17) is 14.2 Å². The third-order valence-electron chi connectivity index (χ3n) is 5.85. The second-order valence-corrected chi connectivity index (χ2v) is 7.97. The van der Waals surface area contributed by atoms with Crippen molar-refractivity contribution in [3.8, 4) is 17.2 Å². The van der Waals surface area contributed by atoms with Crippen LogP contribution in [-0.4, -0.2) is 49.1 Å². The average Bonchev–Trinajstić information content (AvgIpc) is 2.79. The molecule has 32 heavy (non-hydrogen) atoms. The van der Waals surface area contributed by atoms with Crippen molar-refractivity contribution in [1.82, 2.24) is 4.90 Å². The molecule has 0 aliphatic carbocycles. The van der Waals surface area contributed by atoms with Crippen molar-refractivity contribution in [2.45, 2.75) is 46.3 Å². The number of nitrogens with zero attached hydrogens (tertiary/aromatic N) is 2. The average molecular weight is 439 g/mol. The highest BCUT2D eigenvalue weighted by atomic mass is 16.5. The summed E-state index contributed by atoms with van der Waals surface area (Å²) in [4.78, 5) is 29.2. The Labute approximate surface area is 188 Å². The number of benzene rings is 2. The normalized spacial score (nSPS) is 17.3. The van der Waals surface area contributed by atoms with Gasteiger partial charge in [-0.15, -0.1) is 0 Å². The Morgan fingerprint density at radius 2 is 1.78 bits per heavy atom. The highest BCUT2D eigenvalue weighted by molar-refractivity contribution is 6.00. The predicted molar refractivity (Wildman–Crippen MR) is 121 cm³/mol. The molecular weight excluding hydrogens is 408 g/mol. The fourth-order valence-corrected chi connectivity index (χ4v) is 4.27. The molecule has 0 saturated heterocycles. The van der Waals surface area contributed by atoms with E-state index in [2.05, 4.69) is 0 Å². The van der Waals surface area contributed by atoms with E-state index in [0.29, 0.717) is 44.3 Å². The number of para-hydroxylation sites is 2. The van der Waals surface area contributed by atoms with Crippen molar-refractivity contribution in [3.63, 3.8) is 0 Å². The first kappa shape index (κ1) is 22.0. The molecule has 2 heterocycles. The molecule has 0 N–H and O–H groups in total. The van der Waals surface area contributed by atoms with Gasteiger partial charge in [-0.3, -0.25) is 9.59 Å². The molecule has 2 aromatic rings. The fraction of sp³-hybridized carbons (Fsp3) is 0.440. The molecule has 0 aromatic heterocycles. The van der Waals surface area contributed by atoms with E-state index < -0.39 is 6.10 Å². The number of hydrogen-bond donors (Lipinski definition) is 0. The molecule has 2 aliphatic heterocycles. The summed E-state index contributed by atoms with van der Waals surface area (Å²) in [5, 5.41) is 0. The maximum absolute atomic E-state index is 13.0. The van der Waals surface area contributed by atoms with Gasteiger partial charge in [-0.25, -0.2) is 0 Å². The van der Waals surface area contributed by atoms with Crippen LogP contribution in [0.15, 0.2) is 36.4 Å². The SMILES string of the molecule is CCOc1cc2c(cc1OCC)CN(C(=O)CCN1C(=O)C(C)Oc3ccccc31)CC2. The Bertz CT molecular complexity index is 1010. The quantitative estimate of drug-likeness (QED) is 0.661. The van der Waals surface area contributed by atoms with Gasteiger partial charge in [0, 0.05) is 26.1 Å². The molecule has 2 aromatic carbocycles. The number of fused-ring (bicyclic) bond motifs is 2. The van der Waals surface area contributed by atoms with Crippen molar-refractivity contribution < 1.29 is 23.8 Å². The van der Waals surface area contributed by atoms with Crippen molar-refractivity contribution in [2.24, 2.45) is 0 Å². The van der Waals surface area contributed by atoms with Gasteiger partial charge in [0.15, 0.2) is 17.6 Å². The lowest BCUT2D eigenvalue weighted by atomic mass is 9.98. The summed E-state index contributed by atoms with van der Waals surface area (Å²) >= 11 is 0. The summed E-state index contributed by atoms with van der Waals surface area (Å²) in [5.74, 6) is 2.06. The molecular formula is C25H30N2O5. The lowest BCUT2D eigenvalue weighted by Crippen LogP contribution is -2.46. The lowest BCUT2D eigenvalue weighted by molar-refractivity contribution is -0.132. The zero-order valence-electron chi connectivity index (χ0n) is 18.9. The third-order valence-corrected chi connectivity index (χ3v) is 5.85. The van der Waals surface area contributed by atoms with Gasteiger partial charge >= 0.3 is 0 Å². The van der Waals surface area contributed by atoms with Gasteiger partial charge in [0.05, 0.1) is 18.9 Å². The first-order chi connectivity index (χ1) is 15.5. The Hall–Kier alpha value is -3.22. The molecule has 0 saturated carbocycles. The standard InChI is InChI=1S/C25H30N2O5/c1-4-30-22-14-18-10-12-26(16-19(18)15-23(22)31-5-2)24(28)11-13-27-20-8-6-7-9-21(20)32-17(3)25(27)29/h6-9,14-15,17H,4-5,10-13,16H2,1-3H3. The van der Waals surface area contributed by atoms with E-state index in [0.717, 1.165) is 23.4 Å². The molecule has 2 amide bonds. The van der Waals surface area contributed by atoms with Crippen LogP contribution in [0.25, 0.3) is 0 Å². The molecule has 0 fully saturated rings. The van der Waals surface area contributed by atoms with Crippen LogP contribution >= 0.6 is 0 Å². The molecule has 170 valence electrons. The summed E-state index contributed by atoms with van der Waals surface area (Å²) in [6.45, 7) is 8.27. The van der Waals surface area contributed by atoms with E-state index in [1.807, 2.05) is 55.1 Å². The number of rotatable bonds is 7. The minimum Gasteiger partial charge on any atom is -0.490 e. The highest BCUT2D eigenvalue weighted by Crippen LogP contribution is 2.35. The highest BCUT2D eigenvalue weighted by Gasteiger charge is 2.32. The largest absolute Gasteiger partial charge is 0.490 e. The van der Waals surface area contributed by atoms with Crippen LogP contribution in [0.4, 0.5) is 5.69 Å². The van der Waals surface area contributed by atoms with Crippen LogP contribution in [0, 0.1) is 0 Å². The van der Waals surface area contributed by atoms with Crippen LogP contribution in [0.1, 0.15) is 38.3 Å². The third kappa shape index (κ3) is 4.38. The molecule has 1 unspecified atom stereocenters. The number of carbonyl (C=O) groups excluding carboxylic acids is 2. The fourth-order valence-electron chi connectivity index (χ4n) is 4.27. The van der Waals surface area contributed by atoms with Crippen LogP contribution in [0.3, 0.4) is 0 Å². The van der Waals surface area contributed by atoms with Crippen molar-refractivity contribution in [3.05, 3.63) is 47.5 Å². The number of amides is 2. The number of ether oxygens (including phenoxy) is 3. The summed E-state index contributed by atoms with van der Waals surface area (Å²) in [6.07, 6.45) is 0.472. The van der Waals surface area contributed by atoms with Gasteiger partial charge < -0.3 is 24.0 Å². The van der Waals surface area contributed by atoms with Gasteiger partial charge in [-0.05, 0) is 62.6 Å². The minimum absolute atomic E-state index is 0.0342. The van der Waals surface area contributed by atoms with E-state index in [1.165, 1.54) is 5.56 Å². The Morgan fingerprint density at radius 3 is 2.50 bits per heavy atom. The van der Waals surface area contributed by atoms with Crippen LogP contribution in [0.5, 0.6) is 17.2 Å². The zero-order chi connectivity index (χ0) is 22.7. The minimum atomic E-state index is -0.557. The van der Waals surface area contributed by atoms with Crippen molar-refractivity contribution >= 4 is 17.5 Å². The Balaban J connectivity index is 1.45. The molecule has 7 heteroatoms.